The number of carbonyl (C=O) groups excluding carboxylic acids is 1. The number of carbonyl (C=O) groups is 1. The summed E-state index contributed by atoms with van der Waals surface area (Å²) in [6.45, 7) is 2.85. The maximum absolute atomic E-state index is 12.0. The molecular formula is C13H17N3O3. The molecule has 1 N–H and O–H groups in total. The Labute approximate surface area is 111 Å². The van der Waals surface area contributed by atoms with Gasteiger partial charge in [-0.1, -0.05) is 12.1 Å². The molecule has 0 spiro atoms. The lowest BCUT2D eigenvalue weighted by Gasteiger charge is -2.17. The Morgan fingerprint density at radius 1 is 1.53 bits per heavy atom. The molecule has 1 fully saturated rings. The Bertz CT molecular complexity index is 516. The number of likely N-dealkylation sites (N-methyl/N-ethyl adjacent to an activating group) is 1. The number of nitro groups is 1. The van der Waals surface area contributed by atoms with Gasteiger partial charge in [0.05, 0.1) is 11.0 Å². The number of nitrogens with zero attached hydrogens (tertiary/aromatic N) is 2. The SMILES string of the molecule is CNC1CCN(Cc2cccc([N+](=O)[O-])c2C)C1=O. The topological polar surface area (TPSA) is 75.5 Å². The van der Waals surface area contributed by atoms with Crippen molar-refractivity contribution in [2.45, 2.75) is 25.9 Å². The van der Waals surface area contributed by atoms with Gasteiger partial charge in [-0.3, -0.25) is 14.9 Å². The molecule has 1 amide bonds. The van der Waals surface area contributed by atoms with Gasteiger partial charge in [0.2, 0.25) is 5.91 Å². The lowest BCUT2D eigenvalue weighted by molar-refractivity contribution is -0.385. The second kappa shape index (κ2) is 5.36. The minimum atomic E-state index is -0.388. The molecule has 1 aromatic rings. The molecule has 1 saturated heterocycles. The fourth-order valence-corrected chi connectivity index (χ4v) is 2.41. The first-order chi connectivity index (χ1) is 9.04. The number of nitrogens with one attached hydrogen (secondary N) is 1. The lowest BCUT2D eigenvalue weighted by atomic mass is 10.1. The van der Waals surface area contributed by atoms with Crippen LogP contribution in [0.25, 0.3) is 0 Å². The third kappa shape index (κ3) is 2.58. The molecule has 0 aromatic heterocycles. The van der Waals surface area contributed by atoms with Gasteiger partial charge in [-0.2, -0.15) is 0 Å². The third-order valence-electron chi connectivity index (χ3n) is 3.62. The average Bonchev–Trinajstić information content (AvgIpc) is 2.72. The van der Waals surface area contributed by atoms with Crippen molar-refractivity contribution in [1.82, 2.24) is 10.2 Å². The minimum Gasteiger partial charge on any atom is -0.337 e. The maximum Gasteiger partial charge on any atom is 0.272 e. The smallest absolute Gasteiger partial charge is 0.272 e. The number of nitro benzene ring substituents is 1. The predicted molar refractivity (Wildman–Crippen MR) is 70.7 cm³/mol. The molecule has 0 radical (unpaired) electrons. The molecule has 0 bridgehead atoms. The van der Waals surface area contributed by atoms with E-state index in [1.165, 1.54) is 6.07 Å². The molecule has 0 saturated carbocycles. The highest BCUT2D eigenvalue weighted by Crippen LogP contribution is 2.23. The summed E-state index contributed by atoms with van der Waals surface area (Å²) in [6.07, 6.45) is 0.781. The third-order valence-corrected chi connectivity index (χ3v) is 3.62. The molecule has 1 heterocycles. The van der Waals surface area contributed by atoms with Crippen LogP contribution in [0.15, 0.2) is 18.2 Å². The van der Waals surface area contributed by atoms with Gasteiger partial charge in [0.1, 0.15) is 0 Å². The zero-order valence-electron chi connectivity index (χ0n) is 11.0. The Hall–Kier alpha value is -1.95. The fraction of sp³-hybridized carbons (Fsp3) is 0.462. The molecule has 0 aliphatic carbocycles. The number of likely N-dealkylation sites (tertiary alicyclic amines) is 1. The highest BCUT2D eigenvalue weighted by Gasteiger charge is 2.30. The summed E-state index contributed by atoms with van der Waals surface area (Å²) in [6, 6.07) is 4.86. The van der Waals surface area contributed by atoms with Gasteiger partial charge in [0.15, 0.2) is 0 Å². The Morgan fingerprint density at radius 2 is 2.26 bits per heavy atom. The van der Waals surface area contributed by atoms with Gasteiger partial charge in [0.25, 0.3) is 5.69 Å². The van der Waals surface area contributed by atoms with Crippen molar-refractivity contribution in [3.8, 4) is 0 Å². The first-order valence-corrected chi connectivity index (χ1v) is 6.23. The summed E-state index contributed by atoms with van der Waals surface area (Å²) in [5.41, 5.74) is 1.57. The molecule has 1 unspecified atom stereocenters. The van der Waals surface area contributed by atoms with E-state index in [0.717, 1.165) is 12.0 Å². The summed E-state index contributed by atoms with van der Waals surface area (Å²) in [4.78, 5) is 24.2. The predicted octanol–water partition coefficient (Wildman–Crippen LogP) is 1.22. The van der Waals surface area contributed by atoms with Crippen LogP contribution < -0.4 is 5.32 Å². The van der Waals surface area contributed by atoms with E-state index >= 15 is 0 Å². The standard InChI is InChI=1S/C13H17N3O3/c1-9-10(4-3-5-12(9)16(18)19)8-15-7-6-11(14-2)13(15)17/h3-5,11,14H,6-8H2,1-2H3. The van der Waals surface area contributed by atoms with Crippen LogP contribution in [-0.4, -0.2) is 35.4 Å². The van der Waals surface area contributed by atoms with Crippen LogP contribution in [0.5, 0.6) is 0 Å². The molecule has 6 heteroatoms. The molecule has 1 aliphatic heterocycles. The van der Waals surface area contributed by atoms with Crippen LogP contribution in [0.1, 0.15) is 17.5 Å². The average molecular weight is 263 g/mol. The van der Waals surface area contributed by atoms with E-state index in [-0.39, 0.29) is 22.6 Å². The van der Waals surface area contributed by atoms with Crippen LogP contribution in [0.4, 0.5) is 5.69 Å². The van der Waals surface area contributed by atoms with E-state index in [4.69, 9.17) is 0 Å². The van der Waals surface area contributed by atoms with Crippen LogP contribution in [0, 0.1) is 17.0 Å². The van der Waals surface area contributed by atoms with Crippen molar-refractivity contribution in [1.29, 1.82) is 0 Å². The van der Waals surface area contributed by atoms with E-state index in [1.54, 1.807) is 24.9 Å². The second-order valence-corrected chi connectivity index (χ2v) is 4.71. The van der Waals surface area contributed by atoms with Crippen molar-refractivity contribution in [3.05, 3.63) is 39.4 Å². The number of amides is 1. The molecule has 1 aliphatic rings. The normalized spacial score (nSPS) is 18.9. The Balaban J connectivity index is 2.19. The van der Waals surface area contributed by atoms with E-state index in [9.17, 15) is 14.9 Å². The molecule has 2 rings (SSSR count). The van der Waals surface area contributed by atoms with E-state index in [1.807, 2.05) is 6.07 Å². The summed E-state index contributed by atoms with van der Waals surface area (Å²) in [7, 11) is 1.77. The van der Waals surface area contributed by atoms with Gasteiger partial charge in [0, 0.05) is 24.7 Å². The number of hydrogen-bond donors (Lipinski definition) is 1. The number of rotatable bonds is 4. The van der Waals surface area contributed by atoms with Crippen molar-refractivity contribution in [2.24, 2.45) is 0 Å². The van der Waals surface area contributed by atoms with E-state index < -0.39 is 0 Å². The quantitative estimate of drug-likeness (QED) is 0.654. The molecular weight excluding hydrogens is 246 g/mol. The van der Waals surface area contributed by atoms with Gasteiger partial charge in [-0.15, -0.1) is 0 Å². The zero-order valence-corrected chi connectivity index (χ0v) is 11.0. The van der Waals surface area contributed by atoms with Crippen molar-refractivity contribution in [3.63, 3.8) is 0 Å². The fourth-order valence-electron chi connectivity index (χ4n) is 2.41. The van der Waals surface area contributed by atoms with Gasteiger partial charge >= 0.3 is 0 Å². The lowest BCUT2D eigenvalue weighted by Crippen LogP contribution is -2.36. The monoisotopic (exact) mass is 263 g/mol. The van der Waals surface area contributed by atoms with Crippen LogP contribution >= 0.6 is 0 Å². The maximum atomic E-state index is 12.0. The summed E-state index contributed by atoms with van der Waals surface area (Å²) in [5.74, 6) is 0.0633. The summed E-state index contributed by atoms with van der Waals surface area (Å²) < 4.78 is 0. The Morgan fingerprint density at radius 3 is 2.84 bits per heavy atom. The highest BCUT2D eigenvalue weighted by atomic mass is 16.6. The highest BCUT2D eigenvalue weighted by molar-refractivity contribution is 5.84. The van der Waals surface area contributed by atoms with Gasteiger partial charge in [-0.25, -0.2) is 0 Å². The van der Waals surface area contributed by atoms with Crippen molar-refractivity contribution < 1.29 is 9.72 Å². The zero-order chi connectivity index (χ0) is 14.0. The first kappa shape index (κ1) is 13.5. The Kier molecular flexibility index (Phi) is 3.80. The second-order valence-electron chi connectivity index (χ2n) is 4.71. The van der Waals surface area contributed by atoms with Crippen molar-refractivity contribution in [2.75, 3.05) is 13.6 Å². The van der Waals surface area contributed by atoms with E-state index in [0.29, 0.717) is 18.7 Å². The molecule has 1 aromatic carbocycles. The van der Waals surface area contributed by atoms with Crippen LogP contribution in [-0.2, 0) is 11.3 Å². The minimum absolute atomic E-state index is 0.0633. The van der Waals surface area contributed by atoms with E-state index in [2.05, 4.69) is 5.32 Å². The molecule has 1 atom stereocenters. The molecule has 19 heavy (non-hydrogen) atoms. The van der Waals surface area contributed by atoms with Crippen LogP contribution in [0.2, 0.25) is 0 Å². The van der Waals surface area contributed by atoms with Gasteiger partial charge < -0.3 is 10.2 Å². The summed E-state index contributed by atoms with van der Waals surface area (Å²) in [5, 5.41) is 13.9. The summed E-state index contributed by atoms with van der Waals surface area (Å²) >= 11 is 0. The molecule has 102 valence electrons. The first-order valence-electron chi connectivity index (χ1n) is 6.23. The number of hydrogen-bond acceptors (Lipinski definition) is 4. The van der Waals surface area contributed by atoms with Gasteiger partial charge in [-0.05, 0) is 26.0 Å². The largest absolute Gasteiger partial charge is 0.337 e. The van der Waals surface area contributed by atoms with Crippen molar-refractivity contribution >= 4 is 11.6 Å². The van der Waals surface area contributed by atoms with Crippen LogP contribution in [0.3, 0.4) is 0 Å². The number of benzene rings is 1. The molecule has 6 nitrogen and oxygen atoms in total.